The van der Waals surface area contributed by atoms with Crippen LogP contribution < -0.4 is 5.73 Å². The molecule has 0 aromatic rings. The van der Waals surface area contributed by atoms with E-state index < -0.39 is 0 Å². The summed E-state index contributed by atoms with van der Waals surface area (Å²) in [6, 6.07) is 0.341. The number of nitrogens with two attached hydrogens (primary N) is 1. The Balaban J connectivity index is 2.45. The second-order valence-corrected chi connectivity index (χ2v) is 3.58. The lowest BCUT2D eigenvalue weighted by atomic mass is 10.3. The Morgan fingerprint density at radius 2 is 2.31 bits per heavy atom. The van der Waals surface area contributed by atoms with Gasteiger partial charge in [0, 0.05) is 26.7 Å². The van der Waals surface area contributed by atoms with E-state index in [9.17, 15) is 4.79 Å². The molecule has 0 aromatic carbocycles. The number of hydrogen-bond donors (Lipinski definition) is 1. The third kappa shape index (κ3) is 2.12. The molecule has 2 N–H and O–H groups in total. The van der Waals surface area contributed by atoms with Crippen molar-refractivity contribution >= 4 is 6.03 Å². The highest BCUT2D eigenvalue weighted by atomic mass is 16.2. The normalized spacial score (nSPS) is 23.0. The Kier molecular flexibility index (Phi) is 3.54. The zero-order chi connectivity index (χ0) is 9.84. The summed E-state index contributed by atoms with van der Waals surface area (Å²) < 4.78 is 0. The van der Waals surface area contributed by atoms with E-state index in [1.165, 1.54) is 0 Å². The van der Waals surface area contributed by atoms with Crippen molar-refractivity contribution < 1.29 is 4.79 Å². The summed E-state index contributed by atoms with van der Waals surface area (Å²) in [5, 5.41) is 0. The average Bonchev–Trinajstić information content (AvgIpc) is 2.41. The first-order valence-electron chi connectivity index (χ1n) is 4.92. The van der Waals surface area contributed by atoms with Gasteiger partial charge in [-0.25, -0.2) is 4.79 Å². The third-order valence-corrected chi connectivity index (χ3v) is 2.60. The molecule has 2 amide bonds. The van der Waals surface area contributed by atoms with Crippen molar-refractivity contribution in [3.63, 3.8) is 0 Å². The van der Waals surface area contributed by atoms with E-state index in [2.05, 4.69) is 6.92 Å². The zero-order valence-corrected chi connectivity index (χ0v) is 8.49. The quantitative estimate of drug-likeness (QED) is 0.692. The van der Waals surface area contributed by atoms with E-state index in [0.29, 0.717) is 6.54 Å². The van der Waals surface area contributed by atoms with E-state index in [1.807, 2.05) is 11.9 Å². The van der Waals surface area contributed by atoms with Gasteiger partial charge < -0.3 is 15.5 Å². The summed E-state index contributed by atoms with van der Waals surface area (Å²) in [7, 11) is 1.83. The number of carbonyl (C=O) groups is 1. The Morgan fingerprint density at radius 3 is 2.77 bits per heavy atom. The molecule has 0 bridgehead atoms. The summed E-state index contributed by atoms with van der Waals surface area (Å²) in [4.78, 5) is 15.2. The third-order valence-electron chi connectivity index (χ3n) is 2.60. The number of amides is 2. The monoisotopic (exact) mass is 185 g/mol. The molecule has 76 valence electrons. The molecular formula is C9H19N3O. The van der Waals surface area contributed by atoms with Gasteiger partial charge in [0.25, 0.3) is 0 Å². The minimum Gasteiger partial charge on any atom is -0.328 e. The maximum atomic E-state index is 11.6. The Labute approximate surface area is 79.7 Å². The largest absolute Gasteiger partial charge is 0.328 e. The summed E-state index contributed by atoms with van der Waals surface area (Å²) in [6.45, 7) is 4.36. The highest BCUT2D eigenvalue weighted by Crippen LogP contribution is 2.13. The van der Waals surface area contributed by atoms with E-state index in [0.717, 1.165) is 25.9 Å². The van der Waals surface area contributed by atoms with Gasteiger partial charge in [0.1, 0.15) is 0 Å². The zero-order valence-electron chi connectivity index (χ0n) is 8.49. The second kappa shape index (κ2) is 4.46. The van der Waals surface area contributed by atoms with Crippen molar-refractivity contribution in [3.05, 3.63) is 0 Å². The van der Waals surface area contributed by atoms with Gasteiger partial charge in [0.15, 0.2) is 0 Å². The minimum atomic E-state index is 0.129. The SMILES string of the molecule is CCCCN1CC(CN)N(C)C1=O. The molecule has 0 radical (unpaired) electrons. The minimum absolute atomic E-state index is 0.129. The first-order chi connectivity index (χ1) is 6.20. The van der Waals surface area contributed by atoms with Crippen LogP contribution in [0.2, 0.25) is 0 Å². The van der Waals surface area contributed by atoms with Crippen molar-refractivity contribution in [2.45, 2.75) is 25.8 Å². The van der Waals surface area contributed by atoms with Crippen molar-refractivity contribution in [1.82, 2.24) is 9.80 Å². The number of hydrogen-bond acceptors (Lipinski definition) is 2. The number of rotatable bonds is 4. The molecule has 4 heteroatoms. The number of unbranched alkanes of at least 4 members (excludes halogenated alkanes) is 1. The number of urea groups is 1. The molecule has 0 saturated carbocycles. The highest BCUT2D eigenvalue weighted by Gasteiger charge is 2.32. The van der Waals surface area contributed by atoms with Crippen LogP contribution in [0.25, 0.3) is 0 Å². The van der Waals surface area contributed by atoms with Gasteiger partial charge in [0.2, 0.25) is 0 Å². The van der Waals surface area contributed by atoms with Crippen LogP contribution in [0.1, 0.15) is 19.8 Å². The van der Waals surface area contributed by atoms with Gasteiger partial charge in [-0.3, -0.25) is 0 Å². The predicted molar refractivity (Wildman–Crippen MR) is 52.5 cm³/mol. The molecule has 1 heterocycles. The van der Waals surface area contributed by atoms with Gasteiger partial charge in [-0.2, -0.15) is 0 Å². The molecule has 4 nitrogen and oxygen atoms in total. The van der Waals surface area contributed by atoms with Crippen LogP contribution in [0.15, 0.2) is 0 Å². The second-order valence-electron chi connectivity index (χ2n) is 3.58. The highest BCUT2D eigenvalue weighted by molar-refractivity contribution is 5.76. The molecule has 1 aliphatic heterocycles. The Hall–Kier alpha value is -0.770. The first-order valence-corrected chi connectivity index (χ1v) is 4.92. The molecule has 0 aromatic heterocycles. The molecule has 1 unspecified atom stereocenters. The van der Waals surface area contributed by atoms with E-state index >= 15 is 0 Å². The molecule has 13 heavy (non-hydrogen) atoms. The van der Waals surface area contributed by atoms with Gasteiger partial charge in [-0.15, -0.1) is 0 Å². The van der Waals surface area contributed by atoms with Gasteiger partial charge in [-0.05, 0) is 6.42 Å². The molecule has 0 spiro atoms. The van der Waals surface area contributed by atoms with E-state index in [-0.39, 0.29) is 12.1 Å². The van der Waals surface area contributed by atoms with Gasteiger partial charge >= 0.3 is 6.03 Å². The molecule has 1 rings (SSSR count). The fraction of sp³-hybridized carbons (Fsp3) is 0.889. The lowest BCUT2D eigenvalue weighted by Crippen LogP contribution is -2.35. The predicted octanol–water partition coefficient (Wildman–Crippen LogP) is 0.481. The fourth-order valence-corrected chi connectivity index (χ4v) is 1.60. The Bertz CT molecular complexity index is 184. The maximum Gasteiger partial charge on any atom is 0.320 e. The smallest absolute Gasteiger partial charge is 0.320 e. The number of nitrogens with zero attached hydrogens (tertiary/aromatic N) is 2. The lowest BCUT2D eigenvalue weighted by Gasteiger charge is -2.15. The topological polar surface area (TPSA) is 49.6 Å². The lowest BCUT2D eigenvalue weighted by molar-refractivity contribution is 0.195. The van der Waals surface area contributed by atoms with Crippen molar-refractivity contribution in [3.8, 4) is 0 Å². The number of carbonyl (C=O) groups excluding carboxylic acids is 1. The molecule has 0 aliphatic carbocycles. The van der Waals surface area contributed by atoms with Crippen LogP contribution in [0.5, 0.6) is 0 Å². The van der Waals surface area contributed by atoms with Gasteiger partial charge in [-0.1, -0.05) is 13.3 Å². The van der Waals surface area contributed by atoms with Gasteiger partial charge in [0.05, 0.1) is 6.04 Å². The molecule has 1 fully saturated rings. The molecule has 1 atom stereocenters. The average molecular weight is 185 g/mol. The standard InChI is InChI=1S/C9H19N3O/c1-3-4-5-12-7-8(6-10)11(2)9(12)13/h8H,3-7,10H2,1-2H3. The first kappa shape index (κ1) is 10.3. The fourth-order valence-electron chi connectivity index (χ4n) is 1.60. The van der Waals surface area contributed by atoms with Crippen LogP contribution in [0, 0.1) is 0 Å². The van der Waals surface area contributed by atoms with Crippen LogP contribution in [-0.2, 0) is 0 Å². The Morgan fingerprint density at radius 1 is 1.62 bits per heavy atom. The number of likely N-dealkylation sites (N-methyl/N-ethyl adjacent to an activating group) is 1. The van der Waals surface area contributed by atoms with Crippen molar-refractivity contribution in [2.75, 3.05) is 26.7 Å². The van der Waals surface area contributed by atoms with Crippen LogP contribution in [-0.4, -0.2) is 48.6 Å². The van der Waals surface area contributed by atoms with Crippen molar-refractivity contribution in [1.29, 1.82) is 0 Å². The van der Waals surface area contributed by atoms with Crippen LogP contribution >= 0.6 is 0 Å². The van der Waals surface area contributed by atoms with Crippen molar-refractivity contribution in [2.24, 2.45) is 5.73 Å². The van der Waals surface area contributed by atoms with Crippen LogP contribution in [0.4, 0.5) is 4.79 Å². The molecular weight excluding hydrogens is 166 g/mol. The maximum absolute atomic E-state index is 11.6. The molecule has 1 aliphatic rings. The van der Waals surface area contributed by atoms with E-state index in [1.54, 1.807) is 4.90 Å². The summed E-state index contributed by atoms with van der Waals surface area (Å²) in [5.74, 6) is 0. The summed E-state index contributed by atoms with van der Waals surface area (Å²) in [6.07, 6.45) is 2.21. The summed E-state index contributed by atoms with van der Waals surface area (Å²) in [5.41, 5.74) is 5.56. The molecule has 1 saturated heterocycles. The van der Waals surface area contributed by atoms with E-state index in [4.69, 9.17) is 5.73 Å². The summed E-state index contributed by atoms with van der Waals surface area (Å²) >= 11 is 0. The van der Waals surface area contributed by atoms with Crippen LogP contribution in [0.3, 0.4) is 0 Å².